The molecule has 1 rings (SSSR count). The van der Waals surface area contributed by atoms with E-state index in [-0.39, 0.29) is 11.0 Å². The fourth-order valence-corrected chi connectivity index (χ4v) is 2.00. The van der Waals surface area contributed by atoms with Gasteiger partial charge in [0.2, 0.25) is 0 Å². The molecule has 0 fully saturated rings. The highest BCUT2D eigenvalue weighted by molar-refractivity contribution is 9.10. The zero-order valence-corrected chi connectivity index (χ0v) is 12.8. The number of hydrogen-bond acceptors (Lipinski definition) is 2. The smallest absolute Gasteiger partial charge is 0.323 e. The number of rotatable bonds is 5. The first-order chi connectivity index (χ1) is 9.35. The van der Waals surface area contributed by atoms with Crippen LogP contribution in [-0.2, 0) is 4.79 Å². The van der Waals surface area contributed by atoms with E-state index in [2.05, 4.69) is 21.2 Å². The Hall–Kier alpha value is -1.63. The molecule has 0 spiro atoms. The maximum atomic E-state index is 13.3. The maximum Gasteiger partial charge on any atom is 0.323 e. The van der Waals surface area contributed by atoms with Gasteiger partial charge in [-0.1, -0.05) is 6.92 Å². The van der Waals surface area contributed by atoms with Crippen molar-refractivity contribution >= 4 is 33.6 Å². The summed E-state index contributed by atoms with van der Waals surface area (Å²) >= 11 is 3.04. The molecular formula is C13H16BrFN2O3. The Kier molecular flexibility index (Phi) is 5.94. The first-order valence-electron chi connectivity index (χ1n) is 6.08. The van der Waals surface area contributed by atoms with Gasteiger partial charge < -0.3 is 15.3 Å². The number of amides is 2. The van der Waals surface area contributed by atoms with Crippen molar-refractivity contribution in [3.05, 3.63) is 28.0 Å². The predicted molar refractivity (Wildman–Crippen MR) is 77.4 cm³/mol. The van der Waals surface area contributed by atoms with Gasteiger partial charge in [-0.15, -0.1) is 0 Å². The fraction of sp³-hybridized carbons (Fsp3) is 0.385. The standard InChI is InChI=1S/C13H16BrFN2O3/c1-3-4-17(7-12(18)19)13(20)16-11-6-9(14)10(15)5-8(11)2/h5-6H,3-4,7H2,1-2H3,(H,16,20)(H,18,19). The van der Waals surface area contributed by atoms with Gasteiger partial charge in [0.25, 0.3) is 0 Å². The van der Waals surface area contributed by atoms with E-state index in [9.17, 15) is 14.0 Å². The second-order valence-electron chi connectivity index (χ2n) is 4.33. The van der Waals surface area contributed by atoms with Gasteiger partial charge >= 0.3 is 12.0 Å². The zero-order valence-electron chi connectivity index (χ0n) is 11.2. The van der Waals surface area contributed by atoms with Crippen molar-refractivity contribution in [1.29, 1.82) is 0 Å². The van der Waals surface area contributed by atoms with Gasteiger partial charge in [-0.05, 0) is 47.0 Å². The van der Waals surface area contributed by atoms with Crippen molar-refractivity contribution in [3.63, 3.8) is 0 Å². The van der Waals surface area contributed by atoms with Crippen molar-refractivity contribution in [2.45, 2.75) is 20.3 Å². The van der Waals surface area contributed by atoms with Crippen molar-refractivity contribution < 1.29 is 19.1 Å². The number of benzene rings is 1. The number of carboxylic acids is 1. The van der Waals surface area contributed by atoms with Crippen LogP contribution in [0.25, 0.3) is 0 Å². The van der Waals surface area contributed by atoms with Gasteiger partial charge in [0.15, 0.2) is 0 Å². The summed E-state index contributed by atoms with van der Waals surface area (Å²) in [5.41, 5.74) is 1.00. The minimum absolute atomic E-state index is 0.235. The number of carbonyl (C=O) groups excluding carboxylic acids is 1. The van der Waals surface area contributed by atoms with Crippen LogP contribution >= 0.6 is 15.9 Å². The lowest BCUT2D eigenvalue weighted by atomic mass is 10.2. The Labute approximate surface area is 124 Å². The Morgan fingerprint density at radius 1 is 1.45 bits per heavy atom. The molecule has 0 aliphatic heterocycles. The van der Waals surface area contributed by atoms with Crippen molar-refractivity contribution in [1.82, 2.24) is 4.90 Å². The summed E-state index contributed by atoms with van der Waals surface area (Å²) in [5.74, 6) is -1.50. The first kappa shape index (κ1) is 16.4. The average molecular weight is 347 g/mol. The summed E-state index contributed by atoms with van der Waals surface area (Å²) in [7, 11) is 0. The first-order valence-corrected chi connectivity index (χ1v) is 6.87. The minimum atomic E-state index is -1.08. The number of urea groups is 1. The molecule has 110 valence electrons. The second kappa shape index (κ2) is 7.23. The van der Waals surface area contributed by atoms with Crippen LogP contribution in [0.3, 0.4) is 0 Å². The third-order valence-corrected chi connectivity index (χ3v) is 3.22. The largest absolute Gasteiger partial charge is 0.480 e. The summed E-state index contributed by atoms with van der Waals surface area (Å²) in [6, 6.07) is 2.23. The number of aliphatic carboxylic acids is 1. The Balaban J connectivity index is 2.87. The highest BCUT2D eigenvalue weighted by Gasteiger charge is 2.17. The summed E-state index contributed by atoms with van der Waals surface area (Å²) in [5, 5.41) is 11.4. The average Bonchev–Trinajstić information content (AvgIpc) is 2.34. The third kappa shape index (κ3) is 4.48. The van der Waals surface area contributed by atoms with Gasteiger partial charge in [0.05, 0.1) is 4.47 Å². The summed E-state index contributed by atoms with van der Waals surface area (Å²) in [4.78, 5) is 24.0. The summed E-state index contributed by atoms with van der Waals surface area (Å²) in [6.07, 6.45) is 0.646. The van der Waals surface area contributed by atoms with Gasteiger partial charge in [-0.25, -0.2) is 9.18 Å². The molecule has 0 unspecified atom stereocenters. The molecule has 0 aliphatic rings. The second-order valence-corrected chi connectivity index (χ2v) is 5.18. The molecule has 0 saturated heterocycles. The van der Waals surface area contributed by atoms with Crippen LogP contribution in [0.4, 0.5) is 14.9 Å². The number of anilines is 1. The highest BCUT2D eigenvalue weighted by Crippen LogP contribution is 2.24. The van der Waals surface area contributed by atoms with Crippen LogP contribution in [0.5, 0.6) is 0 Å². The molecule has 0 radical (unpaired) electrons. The molecule has 0 atom stereocenters. The molecule has 1 aromatic carbocycles. The van der Waals surface area contributed by atoms with E-state index in [1.807, 2.05) is 6.92 Å². The van der Waals surface area contributed by atoms with Crippen molar-refractivity contribution in [2.75, 3.05) is 18.4 Å². The molecule has 1 aromatic rings. The van der Waals surface area contributed by atoms with Crippen LogP contribution in [0.15, 0.2) is 16.6 Å². The van der Waals surface area contributed by atoms with Crippen molar-refractivity contribution in [3.8, 4) is 0 Å². The quantitative estimate of drug-likeness (QED) is 0.859. The molecule has 7 heteroatoms. The molecule has 0 aromatic heterocycles. The Morgan fingerprint density at radius 3 is 2.65 bits per heavy atom. The number of halogens is 2. The molecule has 2 N–H and O–H groups in total. The molecule has 0 bridgehead atoms. The lowest BCUT2D eigenvalue weighted by molar-refractivity contribution is -0.137. The van der Waals surface area contributed by atoms with Gasteiger partial charge in [0, 0.05) is 12.2 Å². The van der Waals surface area contributed by atoms with E-state index in [1.165, 1.54) is 17.0 Å². The van der Waals surface area contributed by atoms with Crippen LogP contribution in [0, 0.1) is 12.7 Å². The number of carboxylic acid groups (broad SMARTS) is 1. The predicted octanol–water partition coefficient (Wildman–Crippen LogP) is 3.23. The van der Waals surface area contributed by atoms with E-state index >= 15 is 0 Å². The SMILES string of the molecule is CCCN(CC(=O)O)C(=O)Nc1cc(Br)c(F)cc1C. The molecule has 0 heterocycles. The van der Waals surface area contributed by atoms with Crippen LogP contribution in [0.1, 0.15) is 18.9 Å². The summed E-state index contributed by atoms with van der Waals surface area (Å²) < 4.78 is 13.5. The molecule has 0 saturated carbocycles. The topological polar surface area (TPSA) is 69.6 Å². The number of nitrogens with one attached hydrogen (secondary N) is 1. The van der Waals surface area contributed by atoms with E-state index < -0.39 is 17.8 Å². The van der Waals surface area contributed by atoms with E-state index in [1.54, 1.807) is 6.92 Å². The normalized spacial score (nSPS) is 10.2. The zero-order chi connectivity index (χ0) is 15.3. The maximum absolute atomic E-state index is 13.3. The minimum Gasteiger partial charge on any atom is -0.480 e. The van der Waals surface area contributed by atoms with Crippen molar-refractivity contribution in [2.24, 2.45) is 0 Å². The third-order valence-electron chi connectivity index (χ3n) is 2.62. The molecule has 0 aliphatic carbocycles. The van der Waals surface area contributed by atoms with Crippen LogP contribution < -0.4 is 5.32 Å². The molecule has 20 heavy (non-hydrogen) atoms. The van der Waals surface area contributed by atoms with Gasteiger partial charge in [0.1, 0.15) is 12.4 Å². The Bertz CT molecular complexity index is 523. The molecule has 5 nitrogen and oxygen atoms in total. The molecule has 2 amide bonds. The van der Waals surface area contributed by atoms with Crippen LogP contribution in [0.2, 0.25) is 0 Å². The lowest BCUT2D eigenvalue weighted by Gasteiger charge is -2.21. The van der Waals surface area contributed by atoms with E-state index in [0.717, 1.165) is 0 Å². The van der Waals surface area contributed by atoms with E-state index in [4.69, 9.17) is 5.11 Å². The van der Waals surface area contributed by atoms with Gasteiger partial charge in [-0.2, -0.15) is 0 Å². The number of carbonyl (C=O) groups is 2. The van der Waals surface area contributed by atoms with E-state index in [0.29, 0.717) is 24.2 Å². The molecular weight excluding hydrogens is 331 g/mol. The number of hydrogen-bond donors (Lipinski definition) is 2. The number of nitrogens with zero attached hydrogens (tertiary/aromatic N) is 1. The monoisotopic (exact) mass is 346 g/mol. The summed E-state index contributed by atoms with van der Waals surface area (Å²) in [6.45, 7) is 3.47. The lowest BCUT2D eigenvalue weighted by Crippen LogP contribution is -2.39. The Morgan fingerprint density at radius 2 is 2.10 bits per heavy atom. The fourth-order valence-electron chi connectivity index (χ4n) is 1.66. The number of aryl methyl sites for hydroxylation is 1. The van der Waals surface area contributed by atoms with Gasteiger partial charge in [-0.3, -0.25) is 4.79 Å². The highest BCUT2D eigenvalue weighted by atomic mass is 79.9. The van der Waals surface area contributed by atoms with Crippen LogP contribution in [-0.4, -0.2) is 35.1 Å².